The lowest BCUT2D eigenvalue weighted by Crippen LogP contribution is -2.32. The number of pyridine rings is 1. The Bertz CT molecular complexity index is 1060. The second-order valence-corrected chi connectivity index (χ2v) is 6.49. The van der Waals surface area contributed by atoms with E-state index in [0.29, 0.717) is 0 Å². The Morgan fingerprint density at radius 3 is 2.19 bits per heavy atom. The van der Waals surface area contributed by atoms with Crippen molar-refractivity contribution in [1.29, 1.82) is 0 Å². The SMILES string of the molecule is Cc1cc(CN2C(=O)C(=O)N(Cc3ccccc3)C2=O)c2ccccc2n1. The van der Waals surface area contributed by atoms with Crippen molar-refractivity contribution >= 4 is 28.7 Å². The summed E-state index contributed by atoms with van der Waals surface area (Å²) in [6, 6.07) is 17.9. The average molecular weight is 359 g/mol. The summed E-state index contributed by atoms with van der Waals surface area (Å²) in [5.41, 5.74) is 3.16. The normalized spacial score (nSPS) is 14.5. The molecule has 6 nitrogen and oxygen atoms in total. The first-order valence-electron chi connectivity index (χ1n) is 8.61. The maximum absolute atomic E-state index is 12.8. The number of carbonyl (C=O) groups excluding carboxylic acids is 3. The number of rotatable bonds is 4. The van der Waals surface area contributed by atoms with Gasteiger partial charge in [0, 0.05) is 11.1 Å². The Balaban J connectivity index is 1.64. The lowest BCUT2D eigenvalue weighted by atomic mass is 10.1. The highest BCUT2D eigenvalue weighted by Gasteiger charge is 2.44. The van der Waals surface area contributed by atoms with Crippen molar-refractivity contribution in [2.75, 3.05) is 0 Å². The number of para-hydroxylation sites is 1. The first-order chi connectivity index (χ1) is 13.0. The van der Waals surface area contributed by atoms with Crippen LogP contribution in [0, 0.1) is 6.92 Å². The third-order valence-electron chi connectivity index (χ3n) is 4.58. The first-order valence-corrected chi connectivity index (χ1v) is 8.61. The number of imide groups is 2. The molecule has 0 N–H and O–H groups in total. The highest BCUT2D eigenvalue weighted by molar-refractivity contribution is 6.44. The molecule has 1 aromatic heterocycles. The molecule has 0 radical (unpaired) electrons. The predicted octanol–water partition coefficient (Wildman–Crippen LogP) is 3.03. The number of urea groups is 1. The number of hydrogen-bond acceptors (Lipinski definition) is 4. The van der Waals surface area contributed by atoms with Crippen molar-refractivity contribution in [2.45, 2.75) is 20.0 Å². The van der Waals surface area contributed by atoms with Crippen LogP contribution in [-0.4, -0.2) is 32.6 Å². The van der Waals surface area contributed by atoms with Crippen LogP contribution in [-0.2, 0) is 22.7 Å². The van der Waals surface area contributed by atoms with Gasteiger partial charge in [0.05, 0.1) is 18.6 Å². The van der Waals surface area contributed by atoms with Crippen molar-refractivity contribution in [3.8, 4) is 0 Å². The van der Waals surface area contributed by atoms with Crippen molar-refractivity contribution in [3.05, 3.63) is 77.5 Å². The van der Waals surface area contributed by atoms with Gasteiger partial charge in [-0.3, -0.25) is 24.4 Å². The number of benzene rings is 2. The summed E-state index contributed by atoms with van der Waals surface area (Å²) in [7, 11) is 0. The van der Waals surface area contributed by atoms with Crippen molar-refractivity contribution in [2.24, 2.45) is 0 Å². The van der Waals surface area contributed by atoms with Gasteiger partial charge in [0.1, 0.15) is 0 Å². The zero-order valence-corrected chi connectivity index (χ0v) is 14.8. The van der Waals surface area contributed by atoms with Gasteiger partial charge in [0.2, 0.25) is 0 Å². The van der Waals surface area contributed by atoms with E-state index in [4.69, 9.17) is 0 Å². The topological polar surface area (TPSA) is 70.6 Å². The van der Waals surface area contributed by atoms with E-state index >= 15 is 0 Å². The monoisotopic (exact) mass is 359 g/mol. The Morgan fingerprint density at radius 1 is 0.815 bits per heavy atom. The van der Waals surface area contributed by atoms with Gasteiger partial charge in [-0.2, -0.15) is 0 Å². The minimum Gasteiger partial charge on any atom is -0.263 e. The molecule has 1 aliphatic rings. The summed E-state index contributed by atoms with van der Waals surface area (Å²) in [6.07, 6.45) is 0. The van der Waals surface area contributed by atoms with Crippen molar-refractivity contribution in [3.63, 3.8) is 0 Å². The summed E-state index contributed by atoms with van der Waals surface area (Å²) in [6.45, 7) is 1.98. The third kappa shape index (κ3) is 3.06. The van der Waals surface area contributed by atoms with Crippen LogP contribution in [0.5, 0.6) is 0 Å². The minimum absolute atomic E-state index is 0.0402. The van der Waals surface area contributed by atoms with Crippen LogP contribution in [0.25, 0.3) is 10.9 Å². The van der Waals surface area contributed by atoms with E-state index < -0.39 is 17.8 Å². The standard InChI is InChI=1S/C21H17N3O3/c1-14-11-16(17-9-5-6-10-18(17)22-14)13-24-20(26)19(25)23(21(24)27)12-15-7-3-2-4-8-15/h2-11H,12-13H2,1H3. The van der Waals surface area contributed by atoms with Crippen molar-refractivity contribution in [1.82, 2.24) is 14.8 Å². The maximum Gasteiger partial charge on any atom is 0.334 e. The van der Waals surface area contributed by atoms with Gasteiger partial charge < -0.3 is 0 Å². The van der Waals surface area contributed by atoms with E-state index in [0.717, 1.165) is 37.5 Å². The minimum atomic E-state index is -0.797. The molecule has 0 unspecified atom stereocenters. The fraction of sp³-hybridized carbons (Fsp3) is 0.143. The molecule has 134 valence electrons. The molecule has 4 rings (SSSR count). The zero-order valence-electron chi connectivity index (χ0n) is 14.8. The fourth-order valence-corrected chi connectivity index (χ4v) is 3.29. The number of nitrogens with zero attached hydrogens (tertiary/aromatic N) is 3. The molecule has 0 spiro atoms. The van der Waals surface area contributed by atoms with Gasteiger partial charge in [0.15, 0.2) is 0 Å². The Kier molecular flexibility index (Phi) is 4.16. The number of amides is 4. The zero-order chi connectivity index (χ0) is 19.0. The van der Waals surface area contributed by atoms with Gasteiger partial charge in [-0.05, 0) is 30.2 Å². The molecule has 3 aromatic rings. The number of carbonyl (C=O) groups is 3. The molecule has 0 atom stereocenters. The summed E-state index contributed by atoms with van der Waals surface area (Å²) in [4.78, 5) is 44.0. The van der Waals surface area contributed by atoms with Gasteiger partial charge in [-0.25, -0.2) is 4.79 Å². The molecular formula is C21H17N3O3. The summed E-state index contributed by atoms with van der Waals surface area (Å²) in [5.74, 6) is -1.59. The Hall–Kier alpha value is -3.54. The lowest BCUT2D eigenvalue weighted by Gasteiger charge is -2.17. The van der Waals surface area contributed by atoms with E-state index in [2.05, 4.69) is 4.98 Å². The van der Waals surface area contributed by atoms with Crippen LogP contribution in [0.4, 0.5) is 4.79 Å². The Morgan fingerprint density at radius 2 is 1.44 bits per heavy atom. The van der Waals surface area contributed by atoms with E-state index in [1.165, 1.54) is 0 Å². The molecule has 1 saturated heterocycles. The molecule has 0 aliphatic carbocycles. The molecule has 4 amide bonds. The third-order valence-corrected chi connectivity index (χ3v) is 4.58. The molecule has 0 bridgehead atoms. The van der Waals surface area contributed by atoms with Crippen LogP contribution >= 0.6 is 0 Å². The molecule has 1 fully saturated rings. The number of hydrogen-bond donors (Lipinski definition) is 0. The number of aryl methyl sites for hydroxylation is 1. The van der Waals surface area contributed by atoms with E-state index in [1.807, 2.05) is 67.6 Å². The first kappa shape index (κ1) is 16.9. The van der Waals surface area contributed by atoms with Crippen LogP contribution in [0.1, 0.15) is 16.8 Å². The largest absolute Gasteiger partial charge is 0.334 e. The molecule has 0 saturated carbocycles. The van der Waals surface area contributed by atoms with Crippen molar-refractivity contribution < 1.29 is 14.4 Å². The predicted molar refractivity (Wildman–Crippen MR) is 99.4 cm³/mol. The number of fused-ring (bicyclic) bond motifs is 1. The van der Waals surface area contributed by atoms with Gasteiger partial charge in [-0.15, -0.1) is 0 Å². The second-order valence-electron chi connectivity index (χ2n) is 6.49. The summed E-state index contributed by atoms with van der Waals surface area (Å²) in [5, 5.41) is 0.859. The van der Waals surface area contributed by atoms with E-state index in [9.17, 15) is 14.4 Å². The Labute approximate surface area is 156 Å². The van der Waals surface area contributed by atoms with E-state index in [1.54, 1.807) is 0 Å². The van der Waals surface area contributed by atoms with Gasteiger partial charge >= 0.3 is 17.8 Å². The molecular weight excluding hydrogens is 342 g/mol. The summed E-state index contributed by atoms with van der Waals surface area (Å²) >= 11 is 0. The average Bonchev–Trinajstić information content (AvgIpc) is 2.87. The molecule has 1 aliphatic heterocycles. The maximum atomic E-state index is 12.8. The second kappa shape index (κ2) is 6.64. The van der Waals surface area contributed by atoms with E-state index in [-0.39, 0.29) is 13.1 Å². The molecule has 6 heteroatoms. The van der Waals surface area contributed by atoms with Gasteiger partial charge in [-0.1, -0.05) is 48.5 Å². The quantitative estimate of drug-likeness (QED) is 0.530. The highest BCUT2D eigenvalue weighted by Crippen LogP contribution is 2.23. The smallest absolute Gasteiger partial charge is 0.263 e. The fourth-order valence-electron chi connectivity index (χ4n) is 3.29. The lowest BCUT2D eigenvalue weighted by molar-refractivity contribution is -0.143. The highest BCUT2D eigenvalue weighted by atomic mass is 16.2. The van der Waals surface area contributed by atoms with Crippen LogP contribution < -0.4 is 0 Å². The molecule has 27 heavy (non-hydrogen) atoms. The van der Waals surface area contributed by atoms with Crippen LogP contribution in [0.2, 0.25) is 0 Å². The molecule has 2 heterocycles. The molecule has 2 aromatic carbocycles. The summed E-state index contributed by atoms with van der Waals surface area (Å²) < 4.78 is 0. The van der Waals surface area contributed by atoms with Crippen LogP contribution in [0.3, 0.4) is 0 Å². The van der Waals surface area contributed by atoms with Crippen LogP contribution in [0.15, 0.2) is 60.7 Å². The van der Waals surface area contributed by atoms with Gasteiger partial charge in [0.25, 0.3) is 0 Å². The number of aromatic nitrogens is 1.